The maximum Gasteiger partial charge on any atom is 0.0595 e. The first-order chi connectivity index (χ1) is 9.49. The Labute approximate surface area is 130 Å². The molecule has 2 rings (SSSR count). The SMILES string of the molecule is Cc1ccccc1[C@@H](C)NC(C)c1ccc(Cl)c(Cl)c1. The minimum absolute atomic E-state index is 0.208. The van der Waals surface area contributed by atoms with Gasteiger partial charge in [-0.25, -0.2) is 0 Å². The molecule has 2 atom stereocenters. The molecule has 2 aromatic carbocycles. The Hall–Kier alpha value is -1.02. The fourth-order valence-electron chi connectivity index (χ4n) is 2.42. The summed E-state index contributed by atoms with van der Waals surface area (Å²) in [5.74, 6) is 0. The van der Waals surface area contributed by atoms with E-state index >= 15 is 0 Å². The molecule has 0 amide bonds. The van der Waals surface area contributed by atoms with Crippen molar-refractivity contribution in [2.75, 3.05) is 0 Å². The standard InChI is InChI=1S/C17H19Cl2N/c1-11-6-4-5-7-15(11)13(3)20-12(2)14-8-9-16(18)17(19)10-14/h4-10,12-13,20H,1-3H3/t12?,13-/m1/s1. The molecule has 0 fully saturated rings. The smallest absolute Gasteiger partial charge is 0.0595 e. The summed E-state index contributed by atoms with van der Waals surface area (Å²) in [5.41, 5.74) is 3.76. The maximum atomic E-state index is 6.08. The first kappa shape index (κ1) is 15.4. The zero-order valence-electron chi connectivity index (χ0n) is 12.0. The summed E-state index contributed by atoms with van der Waals surface area (Å²) < 4.78 is 0. The van der Waals surface area contributed by atoms with Crippen LogP contribution in [0.2, 0.25) is 10.0 Å². The Bertz CT molecular complexity index is 595. The molecule has 0 aliphatic carbocycles. The van der Waals surface area contributed by atoms with Crippen LogP contribution in [0.15, 0.2) is 42.5 Å². The second-order valence-corrected chi connectivity index (χ2v) is 5.95. The highest BCUT2D eigenvalue weighted by atomic mass is 35.5. The van der Waals surface area contributed by atoms with Crippen LogP contribution in [0.1, 0.15) is 42.6 Å². The largest absolute Gasteiger partial charge is 0.304 e. The Morgan fingerprint density at radius 1 is 0.900 bits per heavy atom. The van der Waals surface area contributed by atoms with E-state index in [1.165, 1.54) is 11.1 Å². The van der Waals surface area contributed by atoms with Gasteiger partial charge in [0, 0.05) is 12.1 Å². The molecule has 0 saturated carbocycles. The number of rotatable bonds is 4. The predicted molar refractivity (Wildman–Crippen MR) is 87.6 cm³/mol. The van der Waals surface area contributed by atoms with Crippen LogP contribution in [0.5, 0.6) is 0 Å². The molecule has 0 aliphatic heterocycles. The maximum absolute atomic E-state index is 6.08. The summed E-state index contributed by atoms with van der Waals surface area (Å²) in [6, 6.07) is 14.7. The monoisotopic (exact) mass is 307 g/mol. The summed E-state index contributed by atoms with van der Waals surface area (Å²) >= 11 is 12.0. The highest BCUT2D eigenvalue weighted by Gasteiger charge is 2.13. The van der Waals surface area contributed by atoms with E-state index in [2.05, 4.69) is 50.4 Å². The molecule has 20 heavy (non-hydrogen) atoms. The number of benzene rings is 2. The third-order valence-electron chi connectivity index (χ3n) is 3.60. The first-order valence-electron chi connectivity index (χ1n) is 6.75. The van der Waals surface area contributed by atoms with Gasteiger partial charge in [0.25, 0.3) is 0 Å². The second-order valence-electron chi connectivity index (χ2n) is 5.14. The normalized spacial score (nSPS) is 14.1. The molecular formula is C17H19Cl2N. The van der Waals surface area contributed by atoms with Crippen LogP contribution < -0.4 is 5.32 Å². The lowest BCUT2D eigenvalue weighted by Crippen LogP contribution is -2.23. The number of hydrogen-bond donors (Lipinski definition) is 1. The molecule has 1 nitrogen and oxygen atoms in total. The van der Waals surface area contributed by atoms with Crippen molar-refractivity contribution in [3.63, 3.8) is 0 Å². The van der Waals surface area contributed by atoms with Crippen LogP contribution in [-0.4, -0.2) is 0 Å². The van der Waals surface area contributed by atoms with Crippen molar-refractivity contribution < 1.29 is 0 Å². The lowest BCUT2D eigenvalue weighted by atomic mass is 10.0. The van der Waals surface area contributed by atoms with Crippen molar-refractivity contribution in [2.45, 2.75) is 32.9 Å². The van der Waals surface area contributed by atoms with Crippen molar-refractivity contribution in [1.82, 2.24) is 5.32 Å². The molecule has 0 radical (unpaired) electrons. The van der Waals surface area contributed by atoms with Gasteiger partial charge in [-0.2, -0.15) is 0 Å². The van der Waals surface area contributed by atoms with Crippen molar-refractivity contribution in [1.29, 1.82) is 0 Å². The minimum Gasteiger partial charge on any atom is -0.304 e. The van der Waals surface area contributed by atoms with Gasteiger partial charge >= 0.3 is 0 Å². The molecule has 1 unspecified atom stereocenters. The Kier molecular flexibility index (Phi) is 5.09. The topological polar surface area (TPSA) is 12.0 Å². The third-order valence-corrected chi connectivity index (χ3v) is 4.34. The average Bonchev–Trinajstić information content (AvgIpc) is 2.42. The average molecular weight is 308 g/mol. The highest BCUT2D eigenvalue weighted by Crippen LogP contribution is 2.27. The number of hydrogen-bond acceptors (Lipinski definition) is 1. The summed E-state index contributed by atoms with van der Waals surface area (Å²) in [4.78, 5) is 0. The van der Waals surface area contributed by atoms with Crippen molar-refractivity contribution in [2.24, 2.45) is 0 Å². The van der Waals surface area contributed by atoms with Crippen LogP contribution >= 0.6 is 23.2 Å². The van der Waals surface area contributed by atoms with E-state index in [1.54, 1.807) is 0 Å². The Morgan fingerprint density at radius 2 is 1.60 bits per heavy atom. The molecule has 0 spiro atoms. The minimum atomic E-state index is 0.208. The van der Waals surface area contributed by atoms with Gasteiger partial charge in [-0.15, -0.1) is 0 Å². The van der Waals surface area contributed by atoms with Crippen molar-refractivity contribution >= 4 is 23.2 Å². The van der Waals surface area contributed by atoms with Gasteiger partial charge in [0.2, 0.25) is 0 Å². The van der Waals surface area contributed by atoms with Crippen LogP contribution in [-0.2, 0) is 0 Å². The van der Waals surface area contributed by atoms with E-state index in [0.717, 1.165) is 5.56 Å². The van der Waals surface area contributed by atoms with E-state index in [-0.39, 0.29) is 12.1 Å². The zero-order valence-corrected chi connectivity index (χ0v) is 13.5. The fraction of sp³-hybridized carbons (Fsp3) is 0.294. The highest BCUT2D eigenvalue weighted by molar-refractivity contribution is 6.42. The predicted octanol–water partition coefficient (Wildman–Crippen LogP) is 5.71. The summed E-state index contributed by atoms with van der Waals surface area (Å²) in [6.45, 7) is 6.45. The van der Waals surface area contributed by atoms with E-state index in [9.17, 15) is 0 Å². The molecule has 2 aromatic rings. The van der Waals surface area contributed by atoms with Gasteiger partial charge in [-0.3, -0.25) is 0 Å². The van der Waals surface area contributed by atoms with Crippen LogP contribution in [0.3, 0.4) is 0 Å². The van der Waals surface area contributed by atoms with Gasteiger partial charge in [0.15, 0.2) is 0 Å². The van der Waals surface area contributed by atoms with E-state index in [1.807, 2.05) is 18.2 Å². The number of halogens is 2. The van der Waals surface area contributed by atoms with Gasteiger partial charge < -0.3 is 5.32 Å². The third kappa shape index (κ3) is 3.54. The Balaban J connectivity index is 2.13. The fourth-order valence-corrected chi connectivity index (χ4v) is 2.72. The zero-order chi connectivity index (χ0) is 14.7. The first-order valence-corrected chi connectivity index (χ1v) is 7.51. The number of aryl methyl sites for hydroxylation is 1. The van der Waals surface area contributed by atoms with Crippen molar-refractivity contribution in [3.05, 3.63) is 69.2 Å². The lowest BCUT2D eigenvalue weighted by Gasteiger charge is -2.22. The summed E-state index contributed by atoms with van der Waals surface area (Å²) in [6.07, 6.45) is 0. The van der Waals surface area contributed by atoms with Crippen molar-refractivity contribution in [3.8, 4) is 0 Å². The van der Waals surface area contributed by atoms with Crippen LogP contribution in [0.4, 0.5) is 0 Å². The van der Waals surface area contributed by atoms with E-state index in [0.29, 0.717) is 10.0 Å². The second kappa shape index (κ2) is 6.62. The quantitative estimate of drug-likeness (QED) is 0.762. The molecule has 0 bridgehead atoms. The Morgan fingerprint density at radius 3 is 2.25 bits per heavy atom. The summed E-state index contributed by atoms with van der Waals surface area (Å²) in [5, 5.41) is 4.79. The molecule has 0 saturated heterocycles. The molecule has 0 aliphatic rings. The molecule has 1 N–H and O–H groups in total. The van der Waals surface area contributed by atoms with E-state index in [4.69, 9.17) is 23.2 Å². The summed E-state index contributed by atoms with van der Waals surface area (Å²) in [7, 11) is 0. The lowest BCUT2D eigenvalue weighted by molar-refractivity contribution is 0.493. The van der Waals surface area contributed by atoms with Gasteiger partial charge in [0.1, 0.15) is 0 Å². The van der Waals surface area contributed by atoms with Gasteiger partial charge in [0.05, 0.1) is 10.0 Å². The van der Waals surface area contributed by atoms with Gasteiger partial charge in [-0.1, -0.05) is 53.5 Å². The molecule has 0 aromatic heterocycles. The van der Waals surface area contributed by atoms with E-state index < -0.39 is 0 Å². The molecular weight excluding hydrogens is 289 g/mol. The van der Waals surface area contributed by atoms with Crippen LogP contribution in [0.25, 0.3) is 0 Å². The molecule has 3 heteroatoms. The van der Waals surface area contributed by atoms with Gasteiger partial charge in [-0.05, 0) is 49.6 Å². The molecule has 106 valence electrons. The molecule has 0 heterocycles. The van der Waals surface area contributed by atoms with Crippen LogP contribution in [0, 0.1) is 6.92 Å². The number of nitrogens with one attached hydrogen (secondary N) is 1.